The Morgan fingerprint density at radius 2 is 1.70 bits per heavy atom. The van der Waals surface area contributed by atoms with E-state index in [9.17, 15) is 13.6 Å². The number of alkyl halides is 2. The van der Waals surface area contributed by atoms with Crippen LogP contribution >= 0.6 is 0 Å². The molecule has 3 rings (SSSR count). The lowest BCUT2D eigenvalue weighted by molar-refractivity contribution is -0.0498. The molecule has 0 aliphatic heterocycles. The minimum Gasteiger partial charge on any atom is -0.449 e. The third-order valence-electron chi connectivity index (χ3n) is 3.69. The fourth-order valence-electron chi connectivity index (χ4n) is 2.26. The number of halogens is 2. The van der Waals surface area contributed by atoms with Crippen LogP contribution in [0, 0.1) is 6.92 Å². The van der Waals surface area contributed by atoms with Gasteiger partial charge >= 0.3 is 12.6 Å². The van der Waals surface area contributed by atoms with Crippen LogP contribution in [0.2, 0.25) is 0 Å². The lowest BCUT2D eigenvalue weighted by Crippen LogP contribution is -2.10. The summed E-state index contributed by atoms with van der Waals surface area (Å²) in [6.45, 7) is 0.637. The fraction of sp³-hybridized carbons (Fsp3) is 0.211. The summed E-state index contributed by atoms with van der Waals surface area (Å²) in [4.78, 5) is 12.2. The van der Waals surface area contributed by atoms with Crippen molar-refractivity contribution in [2.75, 3.05) is 0 Å². The second-order valence-electron chi connectivity index (χ2n) is 5.76. The molecule has 140 valence electrons. The predicted molar refractivity (Wildman–Crippen MR) is 91.4 cm³/mol. The summed E-state index contributed by atoms with van der Waals surface area (Å²) >= 11 is 0. The molecule has 0 saturated heterocycles. The van der Waals surface area contributed by atoms with Crippen LogP contribution in [0.15, 0.2) is 52.9 Å². The lowest BCUT2D eigenvalue weighted by Gasteiger charge is -2.10. The van der Waals surface area contributed by atoms with Crippen LogP contribution in [0.25, 0.3) is 11.5 Å². The molecule has 0 aliphatic rings. The number of carbonyl (C=O) groups is 1. The van der Waals surface area contributed by atoms with E-state index in [-0.39, 0.29) is 17.2 Å². The van der Waals surface area contributed by atoms with Gasteiger partial charge in [-0.15, -0.1) is 10.2 Å². The molecule has 2 aromatic carbocycles. The summed E-state index contributed by atoms with van der Waals surface area (Å²) in [6.07, 6.45) is -0.777. The third-order valence-corrected chi connectivity index (χ3v) is 3.69. The van der Waals surface area contributed by atoms with Gasteiger partial charge < -0.3 is 13.9 Å². The van der Waals surface area contributed by atoms with Gasteiger partial charge in [0.15, 0.2) is 6.10 Å². The Bertz CT molecular complexity index is 908. The normalized spacial score (nSPS) is 12.0. The summed E-state index contributed by atoms with van der Waals surface area (Å²) in [5.74, 6) is -0.228. The number of aryl methyl sites for hydroxylation is 1. The van der Waals surface area contributed by atoms with E-state index in [1.54, 1.807) is 6.92 Å². The van der Waals surface area contributed by atoms with Crippen molar-refractivity contribution in [2.45, 2.75) is 26.6 Å². The largest absolute Gasteiger partial charge is 0.449 e. The molecule has 1 aromatic heterocycles. The SMILES string of the molecule is Cc1ccc(-c2nnc([C@@H](C)OC(=O)c3ccc(OC(F)F)cc3)o2)cc1. The zero-order valence-corrected chi connectivity index (χ0v) is 14.6. The first-order valence-corrected chi connectivity index (χ1v) is 8.08. The Balaban J connectivity index is 1.65. The third kappa shape index (κ3) is 4.66. The van der Waals surface area contributed by atoms with Crippen molar-refractivity contribution in [3.8, 4) is 17.2 Å². The van der Waals surface area contributed by atoms with E-state index in [1.807, 2.05) is 31.2 Å². The monoisotopic (exact) mass is 374 g/mol. The van der Waals surface area contributed by atoms with Crippen LogP contribution < -0.4 is 4.74 Å². The average molecular weight is 374 g/mol. The highest BCUT2D eigenvalue weighted by molar-refractivity contribution is 5.89. The maximum absolute atomic E-state index is 12.2. The Morgan fingerprint density at radius 3 is 2.33 bits per heavy atom. The molecule has 0 amide bonds. The van der Waals surface area contributed by atoms with E-state index in [1.165, 1.54) is 24.3 Å². The predicted octanol–water partition coefficient (Wildman–Crippen LogP) is 4.56. The zero-order valence-electron chi connectivity index (χ0n) is 14.6. The summed E-state index contributed by atoms with van der Waals surface area (Å²) in [7, 11) is 0. The number of aromatic nitrogens is 2. The van der Waals surface area contributed by atoms with Crippen molar-refractivity contribution in [1.29, 1.82) is 0 Å². The number of rotatable bonds is 6. The number of benzene rings is 2. The van der Waals surface area contributed by atoms with E-state index in [4.69, 9.17) is 9.15 Å². The number of hydrogen-bond donors (Lipinski definition) is 0. The number of nitrogens with zero attached hydrogens (tertiary/aromatic N) is 2. The molecule has 0 spiro atoms. The molecule has 0 saturated carbocycles. The molecule has 0 unspecified atom stereocenters. The van der Waals surface area contributed by atoms with Crippen molar-refractivity contribution in [3.63, 3.8) is 0 Å². The first kappa shape index (κ1) is 18.5. The maximum Gasteiger partial charge on any atom is 0.387 e. The molecule has 1 heterocycles. The number of ether oxygens (including phenoxy) is 2. The Morgan fingerprint density at radius 1 is 1.04 bits per heavy atom. The van der Waals surface area contributed by atoms with E-state index in [2.05, 4.69) is 14.9 Å². The summed E-state index contributed by atoms with van der Waals surface area (Å²) in [6, 6.07) is 12.7. The number of hydrogen-bond acceptors (Lipinski definition) is 6. The van der Waals surface area contributed by atoms with E-state index < -0.39 is 18.7 Å². The zero-order chi connectivity index (χ0) is 19.4. The van der Waals surface area contributed by atoms with Gasteiger partial charge in [0.2, 0.25) is 5.89 Å². The van der Waals surface area contributed by atoms with Crippen LogP contribution in [0.5, 0.6) is 5.75 Å². The van der Waals surface area contributed by atoms with E-state index in [0.717, 1.165) is 11.1 Å². The van der Waals surface area contributed by atoms with Gasteiger partial charge in [-0.05, 0) is 50.2 Å². The quantitative estimate of drug-likeness (QED) is 0.589. The van der Waals surface area contributed by atoms with Crippen LogP contribution in [0.1, 0.15) is 34.8 Å². The van der Waals surface area contributed by atoms with Gasteiger partial charge in [-0.25, -0.2) is 4.79 Å². The molecule has 0 bridgehead atoms. The minimum atomic E-state index is -2.93. The van der Waals surface area contributed by atoms with Gasteiger partial charge in [0.05, 0.1) is 5.56 Å². The van der Waals surface area contributed by atoms with Crippen molar-refractivity contribution in [2.24, 2.45) is 0 Å². The topological polar surface area (TPSA) is 74.5 Å². The smallest absolute Gasteiger partial charge is 0.387 e. The number of esters is 1. The van der Waals surface area contributed by atoms with Crippen molar-refractivity contribution >= 4 is 5.97 Å². The minimum absolute atomic E-state index is 0.0470. The molecule has 8 heteroatoms. The van der Waals surface area contributed by atoms with Gasteiger partial charge in [0, 0.05) is 5.56 Å². The van der Waals surface area contributed by atoms with Crippen molar-refractivity contribution < 1.29 is 27.5 Å². The van der Waals surface area contributed by atoms with Gasteiger partial charge in [-0.1, -0.05) is 17.7 Å². The van der Waals surface area contributed by atoms with Gasteiger partial charge in [-0.3, -0.25) is 0 Å². The molecule has 3 aromatic rings. The van der Waals surface area contributed by atoms with Crippen molar-refractivity contribution in [1.82, 2.24) is 10.2 Å². The molecular weight excluding hydrogens is 358 g/mol. The molecule has 1 atom stereocenters. The molecule has 6 nitrogen and oxygen atoms in total. The Hall–Kier alpha value is -3.29. The van der Waals surface area contributed by atoms with Crippen molar-refractivity contribution in [3.05, 3.63) is 65.5 Å². The number of carbonyl (C=O) groups excluding carboxylic acids is 1. The first-order chi connectivity index (χ1) is 12.9. The van der Waals surface area contributed by atoms with Crippen LogP contribution in [-0.4, -0.2) is 22.8 Å². The molecule has 0 aliphatic carbocycles. The van der Waals surface area contributed by atoms with Crippen LogP contribution in [0.3, 0.4) is 0 Å². The molecule has 27 heavy (non-hydrogen) atoms. The molecule has 0 radical (unpaired) electrons. The first-order valence-electron chi connectivity index (χ1n) is 8.08. The van der Waals surface area contributed by atoms with Gasteiger partial charge in [-0.2, -0.15) is 8.78 Å². The fourth-order valence-corrected chi connectivity index (χ4v) is 2.26. The molecule has 0 fully saturated rings. The lowest BCUT2D eigenvalue weighted by atomic mass is 10.1. The van der Waals surface area contributed by atoms with Crippen LogP contribution in [-0.2, 0) is 4.74 Å². The Kier molecular flexibility index (Phi) is 5.44. The summed E-state index contributed by atoms with van der Waals surface area (Å²) in [5.41, 5.74) is 2.04. The standard InChI is InChI=1S/C19H16F2N2O4/c1-11-3-5-13(6-4-11)17-23-22-16(27-17)12(2)25-18(24)14-7-9-15(10-8-14)26-19(20)21/h3-10,12,19H,1-2H3/t12-/m1/s1. The second kappa shape index (κ2) is 7.94. The average Bonchev–Trinajstić information content (AvgIpc) is 3.12. The highest BCUT2D eigenvalue weighted by Crippen LogP contribution is 2.24. The highest BCUT2D eigenvalue weighted by Gasteiger charge is 2.20. The maximum atomic E-state index is 12.2. The van der Waals surface area contributed by atoms with Gasteiger partial charge in [0.25, 0.3) is 5.89 Å². The second-order valence-corrected chi connectivity index (χ2v) is 5.76. The van der Waals surface area contributed by atoms with E-state index in [0.29, 0.717) is 5.89 Å². The summed E-state index contributed by atoms with van der Waals surface area (Å²) in [5, 5.41) is 7.87. The van der Waals surface area contributed by atoms with Gasteiger partial charge in [0.1, 0.15) is 5.75 Å². The summed E-state index contributed by atoms with van der Waals surface area (Å²) < 4.78 is 39.4. The Labute approximate surface area is 153 Å². The highest BCUT2D eigenvalue weighted by atomic mass is 19.3. The molecule has 0 N–H and O–H groups in total. The van der Waals surface area contributed by atoms with E-state index >= 15 is 0 Å². The molecular formula is C19H16F2N2O4. The van der Waals surface area contributed by atoms with Crippen LogP contribution in [0.4, 0.5) is 8.78 Å².